The van der Waals surface area contributed by atoms with E-state index >= 15 is 0 Å². The molecule has 0 saturated heterocycles. The van der Waals surface area contributed by atoms with Gasteiger partial charge in [-0.3, -0.25) is 4.79 Å². The first-order valence-corrected chi connectivity index (χ1v) is 6.80. The molecule has 1 atom stereocenters. The van der Waals surface area contributed by atoms with Gasteiger partial charge >= 0.3 is 5.97 Å². The summed E-state index contributed by atoms with van der Waals surface area (Å²) in [5, 5.41) is 17.5. The number of hydrogen-bond donors (Lipinski definition) is 3. The molecule has 0 spiro atoms. The number of carboxylic acid groups (broad SMARTS) is 1. The molecular formula is C11H15NO6S. The summed E-state index contributed by atoms with van der Waals surface area (Å²) in [6.07, 6.45) is 0. The predicted octanol–water partition coefficient (Wildman–Crippen LogP) is -0.273. The molecule has 8 heteroatoms. The summed E-state index contributed by atoms with van der Waals surface area (Å²) >= 11 is 0. The maximum atomic E-state index is 11.9. The summed E-state index contributed by atoms with van der Waals surface area (Å²) in [5.41, 5.74) is 0.598. The molecule has 1 aromatic rings. The second-order valence-electron chi connectivity index (χ2n) is 3.83. The molecule has 0 amide bonds. The fourth-order valence-electron chi connectivity index (χ4n) is 1.44. The molecule has 7 nitrogen and oxygen atoms in total. The Morgan fingerprint density at radius 2 is 2.11 bits per heavy atom. The minimum absolute atomic E-state index is 0.0921. The number of benzene rings is 1. The molecule has 0 unspecified atom stereocenters. The third-order valence-electron chi connectivity index (χ3n) is 2.45. The molecule has 0 aliphatic carbocycles. The van der Waals surface area contributed by atoms with Crippen molar-refractivity contribution in [2.45, 2.75) is 17.9 Å². The summed E-state index contributed by atoms with van der Waals surface area (Å²) in [5.74, 6) is -0.924. The molecule has 0 aliphatic heterocycles. The van der Waals surface area contributed by atoms with Crippen LogP contribution in [0.1, 0.15) is 5.56 Å². The van der Waals surface area contributed by atoms with Crippen molar-refractivity contribution in [2.75, 3.05) is 13.7 Å². The number of sulfonamides is 1. The van der Waals surface area contributed by atoms with Gasteiger partial charge in [0.2, 0.25) is 10.0 Å². The number of carbonyl (C=O) groups is 1. The molecule has 0 aliphatic rings. The molecule has 0 saturated carbocycles. The predicted molar refractivity (Wildman–Crippen MR) is 66.6 cm³/mol. The Morgan fingerprint density at radius 3 is 2.53 bits per heavy atom. The Bertz CT molecular complexity index is 569. The van der Waals surface area contributed by atoms with Gasteiger partial charge in [0.05, 0.1) is 18.6 Å². The van der Waals surface area contributed by atoms with Crippen LogP contribution in [0.25, 0.3) is 0 Å². The zero-order chi connectivity index (χ0) is 14.6. The van der Waals surface area contributed by atoms with Crippen molar-refractivity contribution < 1.29 is 28.2 Å². The minimum Gasteiger partial charge on any atom is -0.496 e. The fourth-order valence-corrected chi connectivity index (χ4v) is 2.70. The molecule has 0 fully saturated rings. The molecule has 0 radical (unpaired) electrons. The number of aryl methyl sites for hydroxylation is 1. The van der Waals surface area contributed by atoms with Crippen LogP contribution in [-0.2, 0) is 14.8 Å². The Labute approximate surface area is 110 Å². The van der Waals surface area contributed by atoms with E-state index in [4.69, 9.17) is 14.9 Å². The largest absolute Gasteiger partial charge is 0.496 e. The fraction of sp³-hybridized carbons (Fsp3) is 0.364. The molecule has 0 aromatic heterocycles. The highest BCUT2D eigenvalue weighted by atomic mass is 32.2. The van der Waals surface area contributed by atoms with Gasteiger partial charge in [0.1, 0.15) is 11.8 Å². The van der Waals surface area contributed by atoms with Crippen LogP contribution in [0.5, 0.6) is 5.75 Å². The van der Waals surface area contributed by atoms with Gasteiger partial charge in [0.15, 0.2) is 0 Å². The maximum Gasteiger partial charge on any atom is 0.324 e. The number of aliphatic carboxylic acids is 1. The summed E-state index contributed by atoms with van der Waals surface area (Å²) in [6.45, 7) is 0.836. The van der Waals surface area contributed by atoms with Gasteiger partial charge in [-0.05, 0) is 30.7 Å². The van der Waals surface area contributed by atoms with Crippen LogP contribution in [0, 0.1) is 6.92 Å². The zero-order valence-corrected chi connectivity index (χ0v) is 11.3. The Morgan fingerprint density at radius 1 is 1.47 bits per heavy atom. The molecule has 1 aromatic carbocycles. The highest BCUT2D eigenvalue weighted by molar-refractivity contribution is 7.89. The molecule has 106 valence electrons. The van der Waals surface area contributed by atoms with E-state index in [0.29, 0.717) is 11.3 Å². The van der Waals surface area contributed by atoms with Gasteiger partial charge in [-0.1, -0.05) is 0 Å². The first-order chi connectivity index (χ1) is 8.81. The average Bonchev–Trinajstić information content (AvgIpc) is 2.35. The number of aliphatic hydroxyl groups is 1. The van der Waals surface area contributed by atoms with Crippen molar-refractivity contribution in [3.05, 3.63) is 23.8 Å². The van der Waals surface area contributed by atoms with E-state index in [1.165, 1.54) is 25.3 Å². The lowest BCUT2D eigenvalue weighted by molar-refractivity contribution is -0.139. The van der Waals surface area contributed by atoms with Crippen LogP contribution in [-0.4, -0.2) is 44.4 Å². The first kappa shape index (κ1) is 15.4. The van der Waals surface area contributed by atoms with Crippen molar-refractivity contribution in [3.8, 4) is 5.75 Å². The standard InChI is InChI=1S/C11H15NO6S/c1-7-5-8(3-4-10(7)18-2)19(16,17)12-9(6-13)11(14)15/h3-5,9,12-13H,6H2,1-2H3,(H,14,15)/t9-/m1/s1. The minimum atomic E-state index is -4.01. The van der Waals surface area contributed by atoms with Gasteiger partial charge in [-0.15, -0.1) is 0 Å². The van der Waals surface area contributed by atoms with E-state index in [1.807, 2.05) is 4.72 Å². The Hall–Kier alpha value is -1.64. The zero-order valence-electron chi connectivity index (χ0n) is 10.5. The number of carboxylic acids is 1. The molecule has 3 N–H and O–H groups in total. The lowest BCUT2D eigenvalue weighted by Gasteiger charge is -2.13. The van der Waals surface area contributed by atoms with E-state index < -0.39 is 28.6 Å². The Kier molecular flexibility index (Phi) is 4.87. The number of methoxy groups -OCH3 is 1. The second kappa shape index (κ2) is 6.00. The smallest absolute Gasteiger partial charge is 0.324 e. The second-order valence-corrected chi connectivity index (χ2v) is 5.54. The monoisotopic (exact) mass is 289 g/mol. The number of aliphatic hydroxyl groups excluding tert-OH is 1. The van der Waals surface area contributed by atoms with Gasteiger partial charge in [-0.25, -0.2) is 8.42 Å². The van der Waals surface area contributed by atoms with Crippen LogP contribution < -0.4 is 9.46 Å². The van der Waals surface area contributed by atoms with Crippen molar-refractivity contribution in [2.24, 2.45) is 0 Å². The van der Waals surface area contributed by atoms with E-state index in [2.05, 4.69) is 0 Å². The lowest BCUT2D eigenvalue weighted by atomic mass is 10.2. The quantitative estimate of drug-likeness (QED) is 0.664. The van der Waals surface area contributed by atoms with Crippen LogP contribution in [0.2, 0.25) is 0 Å². The third-order valence-corrected chi connectivity index (χ3v) is 3.92. The van der Waals surface area contributed by atoms with Crippen molar-refractivity contribution in [3.63, 3.8) is 0 Å². The van der Waals surface area contributed by atoms with E-state index in [0.717, 1.165) is 0 Å². The Balaban J connectivity index is 3.07. The maximum absolute atomic E-state index is 11.9. The van der Waals surface area contributed by atoms with Gasteiger partial charge in [0, 0.05) is 0 Å². The summed E-state index contributed by atoms with van der Waals surface area (Å²) in [4.78, 5) is 10.6. The highest BCUT2D eigenvalue weighted by Gasteiger charge is 2.25. The van der Waals surface area contributed by atoms with E-state index in [-0.39, 0.29) is 4.90 Å². The molecule has 1 rings (SSSR count). The third kappa shape index (κ3) is 3.66. The van der Waals surface area contributed by atoms with Crippen molar-refractivity contribution in [1.29, 1.82) is 0 Å². The van der Waals surface area contributed by atoms with Gasteiger partial charge in [-0.2, -0.15) is 4.72 Å². The van der Waals surface area contributed by atoms with Crippen LogP contribution in [0.3, 0.4) is 0 Å². The summed E-state index contributed by atoms with van der Waals surface area (Å²) in [7, 11) is -2.55. The SMILES string of the molecule is COc1ccc(S(=O)(=O)N[C@H](CO)C(=O)O)cc1C. The van der Waals surface area contributed by atoms with Gasteiger partial charge in [0.25, 0.3) is 0 Å². The number of ether oxygens (including phenoxy) is 1. The molecular weight excluding hydrogens is 274 g/mol. The van der Waals surface area contributed by atoms with E-state index in [1.54, 1.807) is 6.92 Å². The summed E-state index contributed by atoms with van der Waals surface area (Å²) in [6, 6.07) is 2.55. The lowest BCUT2D eigenvalue weighted by Crippen LogP contribution is -2.43. The normalized spacial score (nSPS) is 13.0. The van der Waals surface area contributed by atoms with Crippen LogP contribution in [0.15, 0.2) is 23.1 Å². The molecule has 0 bridgehead atoms. The van der Waals surface area contributed by atoms with Crippen LogP contribution >= 0.6 is 0 Å². The van der Waals surface area contributed by atoms with E-state index in [9.17, 15) is 13.2 Å². The summed E-state index contributed by atoms with van der Waals surface area (Å²) < 4.78 is 30.8. The number of nitrogens with one attached hydrogen (secondary N) is 1. The first-order valence-electron chi connectivity index (χ1n) is 5.32. The van der Waals surface area contributed by atoms with Crippen LogP contribution in [0.4, 0.5) is 0 Å². The molecule has 0 heterocycles. The van der Waals surface area contributed by atoms with Gasteiger partial charge < -0.3 is 14.9 Å². The number of rotatable bonds is 6. The topological polar surface area (TPSA) is 113 Å². The van der Waals surface area contributed by atoms with Crippen molar-refractivity contribution >= 4 is 16.0 Å². The number of hydrogen-bond acceptors (Lipinski definition) is 5. The average molecular weight is 289 g/mol. The highest BCUT2D eigenvalue weighted by Crippen LogP contribution is 2.21. The van der Waals surface area contributed by atoms with Crippen molar-refractivity contribution in [1.82, 2.24) is 4.72 Å². The molecule has 19 heavy (non-hydrogen) atoms.